The molecule has 0 fully saturated rings. The summed E-state index contributed by atoms with van der Waals surface area (Å²) in [4.78, 5) is 0. The Labute approximate surface area is 77.9 Å². The van der Waals surface area contributed by atoms with Crippen molar-refractivity contribution in [1.82, 2.24) is 0 Å². The van der Waals surface area contributed by atoms with Crippen molar-refractivity contribution >= 4 is 0 Å². The molecule has 0 aromatic heterocycles. The zero-order chi connectivity index (χ0) is 7.54. The average Bonchev–Trinajstić information content (AvgIpc) is 2.51. The van der Waals surface area contributed by atoms with Gasteiger partial charge in [-0.05, 0) is 0 Å². The first-order chi connectivity index (χ1) is 4.50. The molecule has 11 heavy (non-hydrogen) atoms. The van der Waals surface area contributed by atoms with Crippen molar-refractivity contribution in [3.63, 3.8) is 0 Å². The van der Waals surface area contributed by atoms with Crippen molar-refractivity contribution in [2.45, 2.75) is 0 Å². The van der Waals surface area contributed by atoms with E-state index in [1.54, 1.807) is 0 Å². The molecule has 0 aliphatic carbocycles. The van der Waals surface area contributed by atoms with Gasteiger partial charge in [-0.25, -0.2) is 12.1 Å². The molecule has 0 radical (unpaired) electrons. The third-order valence-corrected chi connectivity index (χ3v) is 0.556. The van der Waals surface area contributed by atoms with Crippen LogP contribution in [0, 0.1) is 20.7 Å². The van der Waals surface area contributed by atoms with E-state index in [1.165, 1.54) is 0 Å². The summed E-state index contributed by atoms with van der Waals surface area (Å²) < 4.78 is 15.0. The molecule has 1 rings (SSSR count). The Bertz CT molecular complexity index is 118. The van der Waals surface area contributed by atoms with Gasteiger partial charge in [0.2, 0.25) is 0 Å². The van der Waals surface area contributed by atoms with Crippen LogP contribution in [0.25, 0.3) is 0 Å². The van der Waals surface area contributed by atoms with Gasteiger partial charge in [-0.2, -0.15) is 18.2 Å². The molecule has 0 spiro atoms. The third-order valence-electron chi connectivity index (χ3n) is 0.556. The molecule has 3 heteroatoms. The van der Waals surface area contributed by atoms with Gasteiger partial charge in [0.15, 0.2) is 0 Å². The van der Waals surface area contributed by atoms with Gasteiger partial charge in [-0.3, -0.25) is 0 Å². The van der Waals surface area contributed by atoms with Crippen LogP contribution in [0.3, 0.4) is 0 Å². The molecule has 0 unspecified atom stereocenters. The van der Waals surface area contributed by atoms with E-state index in [9.17, 15) is 0 Å². The van der Waals surface area contributed by atoms with Crippen molar-refractivity contribution < 1.29 is 26.4 Å². The summed E-state index contributed by atoms with van der Waals surface area (Å²) in [5.74, 6) is 0. The maximum Gasteiger partial charge on any atom is 6.00 e. The van der Waals surface area contributed by atoms with E-state index in [2.05, 4.69) is 13.3 Å². The summed E-state index contributed by atoms with van der Waals surface area (Å²) in [6.45, 7) is 9.00. The smallest absolute Gasteiger partial charge is 0.358 e. The van der Waals surface area contributed by atoms with E-state index >= 15 is 0 Å². The van der Waals surface area contributed by atoms with Crippen LogP contribution >= 0.6 is 0 Å². The molecule has 0 amide bonds. The van der Waals surface area contributed by atoms with Crippen molar-refractivity contribution in [2.75, 3.05) is 0 Å². The van der Waals surface area contributed by atoms with Crippen molar-refractivity contribution in [2.24, 2.45) is 0 Å². The fourth-order valence-electron chi connectivity index (χ4n) is 0.321. The minimum Gasteiger partial charge on any atom is -0.358 e. The van der Waals surface area contributed by atoms with Crippen LogP contribution < -0.4 is 0 Å². The second-order valence-corrected chi connectivity index (χ2v) is 0.962. The second kappa shape index (κ2) is 34.5. The predicted octanol–water partition coefficient (Wildman–Crippen LogP) is 1.78. The first-order valence-electron chi connectivity index (χ1n) is 2.07. The van der Waals surface area contributed by atoms with E-state index in [0.717, 1.165) is 0 Å². The molecular weight excluding hydrogens is 184 g/mol. The van der Waals surface area contributed by atoms with Crippen molar-refractivity contribution in [1.29, 1.82) is 0 Å². The Balaban J connectivity index is -0.0000000369. The summed E-state index contributed by atoms with van der Waals surface area (Å²) in [5, 5.41) is 0. The maximum absolute atomic E-state index is 7.50. The van der Waals surface area contributed by atoms with Gasteiger partial charge >= 0.3 is 39.7 Å². The Hall–Kier alpha value is -0.651. The SMILES string of the molecule is [C-]#[O+].[C-]#[O+].[CH3-].[Fe+6].c1cc[cH-]c1. The van der Waals surface area contributed by atoms with Gasteiger partial charge in [0.1, 0.15) is 0 Å². The Morgan fingerprint density at radius 1 is 0.909 bits per heavy atom. The van der Waals surface area contributed by atoms with Crippen molar-refractivity contribution in [3.05, 3.63) is 51.1 Å². The van der Waals surface area contributed by atoms with Gasteiger partial charge < -0.3 is 7.43 Å². The molecular formula is C8H8FeO2+4. The van der Waals surface area contributed by atoms with Crippen molar-refractivity contribution in [3.8, 4) is 0 Å². The van der Waals surface area contributed by atoms with E-state index in [-0.39, 0.29) is 24.5 Å². The molecule has 0 bridgehead atoms. The molecule has 1 aromatic carbocycles. The number of rotatable bonds is 0. The summed E-state index contributed by atoms with van der Waals surface area (Å²) >= 11 is 0. The minimum absolute atomic E-state index is 0. The molecule has 0 aliphatic heterocycles. The molecule has 0 atom stereocenters. The summed E-state index contributed by atoms with van der Waals surface area (Å²) in [5.41, 5.74) is 0. The van der Waals surface area contributed by atoms with Crippen LogP contribution in [0.15, 0.2) is 30.3 Å². The minimum atomic E-state index is 0. The van der Waals surface area contributed by atoms with Crippen LogP contribution in [0.2, 0.25) is 0 Å². The van der Waals surface area contributed by atoms with Crippen LogP contribution in [0.1, 0.15) is 0 Å². The van der Waals surface area contributed by atoms with E-state index < -0.39 is 0 Å². The largest absolute Gasteiger partial charge is 6.00 e. The quantitative estimate of drug-likeness (QED) is 0.341. The van der Waals surface area contributed by atoms with Gasteiger partial charge in [0.05, 0.1) is 0 Å². The Kier molecular flexibility index (Phi) is 70.3. The van der Waals surface area contributed by atoms with Gasteiger partial charge in [-0.15, -0.1) is 0 Å². The standard InChI is InChI=1S/C5H5.2CO.CH3.Fe/c1-2-4-5-3-1;2*1-2;;/h1-5H;;;1H3;/q-1;;;-1;+6. The molecule has 56 valence electrons. The zero-order valence-electron chi connectivity index (χ0n) is 6.06. The van der Waals surface area contributed by atoms with Gasteiger partial charge in [-0.1, -0.05) is 0 Å². The summed E-state index contributed by atoms with van der Waals surface area (Å²) in [7, 11) is 0. The fourth-order valence-corrected chi connectivity index (χ4v) is 0.321. The van der Waals surface area contributed by atoms with Crippen LogP contribution in [0.5, 0.6) is 0 Å². The Morgan fingerprint density at radius 3 is 1.27 bits per heavy atom. The third kappa shape index (κ3) is 26.7. The average molecular weight is 192 g/mol. The van der Waals surface area contributed by atoms with Crippen LogP contribution in [-0.2, 0) is 26.4 Å². The fraction of sp³-hybridized carbons (Fsp3) is 0. The van der Waals surface area contributed by atoms with Crippen LogP contribution in [0.4, 0.5) is 0 Å². The topological polar surface area (TPSA) is 39.8 Å². The van der Waals surface area contributed by atoms with E-state index in [0.29, 0.717) is 0 Å². The van der Waals surface area contributed by atoms with Gasteiger partial charge in [0, 0.05) is 0 Å². The van der Waals surface area contributed by atoms with E-state index in [1.807, 2.05) is 30.3 Å². The molecule has 1 aromatic rings. The molecule has 0 saturated heterocycles. The molecule has 0 N–H and O–H groups in total. The van der Waals surface area contributed by atoms with Crippen LogP contribution in [-0.4, -0.2) is 0 Å². The van der Waals surface area contributed by atoms with Gasteiger partial charge in [0.25, 0.3) is 0 Å². The first kappa shape index (κ1) is 22.4. The number of hydrogen-bond donors (Lipinski definition) is 0. The zero-order valence-corrected chi connectivity index (χ0v) is 7.16. The second-order valence-electron chi connectivity index (χ2n) is 0.962. The summed E-state index contributed by atoms with van der Waals surface area (Å²) in [6.07, 6.45) is 0. The molecule has 0 aliphatic rings. The monoisotopic (exact) mass is 192 g/mol. The predicted molar refractivity (Wildman–Crippen MR) is 36.3 cm³/mol. The number of hydrogen-bond acceptors (Lipinski definition) is 0. The first-order valence-corrected chi connectivity index (χ1v) is 2.07. The molecule has 0 heterocycles. The normalized spacial score (nSPS) is 4.00. The maximum atomic E-state index is 7.50. The molecule has 0 saturated carbocycles. The Morgan fingerprint density at radius 2 is 1.18 bits per heavy atom. The molecule has 2 nitrogen and oxygen atoms in total. The summed E-state index contributed by atoms with van der Waals surface area (Å²) in [6, 6.07) is 10.0. The van der Waals surface area contributed by atoms with E-state index in [4.69, 9.17) is 9.30 Å².